The minimum absolute atomic E-state index is 0.162. The first kappa shape index (κ1) is 14.4. The first-order valence-corrected chi connectivity index (χ1v) is 6.76. The van der Waals surface area contributed by atoms with E-state index in [1.54, 1.807) is 18.2 Å². The third-order valence-corrected chi connectivity index (χ3v) is 3.43. The largest absolute Gasteiger partial charge is 0.328 e. The molecule has 1 aromatic carbocycles. The molecule has 0 radical (unpaired) electrons. The van der Waals surface area contributed by atoms with Gasteiger partial charge in [0.05, 0.1) is 21.9 Å². The number of aromatic nitrogens is 4. The zero-order chi connectivity index (χ0) is 15.5. The van der Waals surface area contributed by atoms with Crippen LogP contribution in [0.4, 0.5) is 5.69 Å². The molecule has 2 heterocycles. The molecule has 1 amide bonds. The molecule has 0 aliphatic carbocycles. The van der Waals surface area contributed by atoms with Gasteiger partial charge in [0.1, 0.15) is 5.69 Å². The van der Waals surface area contributed by atoms with Gasteiger partial charge in [-0.15, -0.1) is 0 Å². The minimum Gasteiger partial charge on any atom is -0.328 e. The SMILES string of the molecule is O=C(Nc1cccc(Cl)c1Cl)c1nc(-c2cnccn2)no1. The molecule has 0 saturated heterocycles. The van der Waals surface area contributed by atoms with E-state index in [1.807, 2.05) is 0 Å². The number of hydrogen-bond acceptors (Lipinski definition) is 6. The van der Waals surface area contributed by atoms with Crippen LogP contribution in [0.25, 0.3) is 11.5 Å². The molecule has 0 unspecified atom stereocenters. The zero-order valence-corrected chi connectivity index (χ0v) is 12.3. The summed E-state index contributed by atoms with van der Waals surface area (Å²) in [6.45, 7) is 0. The van der Waals surface area contributed by atoms with Crippen LogP contribution in [-0.2, 0) is 0 Å². The highest BCUT2D eigenvalue weighted by Crippen LogP contribution is 2.29. The first-order valence-electron chi connectivity index (χ1n) is 6.00. The van der Waals surface area contributed by atoms with Gasteiger partial charge in [0.2, 0.25) is 5.82 Å². The van der Waals surface area contributed by atoms with Crippen molar-refractivity contribution in [3.63, 3.8) is 0 Å². The summed E-state index contributed by atoms with van der Waals surface area (Å²) in [5.41, 5.74) is 0.740. The number of halogens is 2. The van der Waals surface area contributed by atoms with Crippen LogP contribution in [0.5, 0.6) is 0 Å². The molecular weight excluding hydrogens is 329 g/mol. The number of amides is 1. The van der Waals surface area contributed by atoms with E-state index in [9.17, 15) is 4.79 Å². The molecule has 0 saturated carbocycles. The Hall–Kier alpha value is -2.51. The summed E-state index contributed by atoms with van der Waals surface area (Å²) in [5.74, 6) is -0.668. The van der Waals surface area contributed by atoms with E-state index >= 15 is 0 Å². The van der Waals surface area contributed by atoms with Gasteiger partial charge in [0.25, 0.3) is 0 Å². The number of nitrogens with zero attached hydrogens (tertiary/aromatic N) is 4. The molecule has 0 atom stereocenters. The summed E-state index contributed by atoms with van der Waals surface area (Å²) < 4.78 is 4.91. The van der Waals surface area contributed by atoms with Crippen molar-refractivity contribution >= 4 is 34.8 Å². The molecule has 0 fully saturated rings. The third kappa shape index (κ3) is 2.90. The van der Waals surface area contributed by atoms with Gasteiger partial charge in [-0.1, -0.05) is 34.4 Å². The summed E-state index contributed by atoms with van der Waals surface area (Å²) in [6, 6.07) is 4.87. The number of benzene rings is 1. The van der Waals surface area contributed by atoms with Gasteiger partial charge in [-0.3, -0.25) is 9.78 Å². The second-order valence-electron chi connectivity index (χ2n) is 4.07. The van der Waals surface area contributed by atoms with Crippen LogP contribution in [0, 0.1) is 0 Å². The Labute approximate surface area is 134 Å². The molecule has 1 N–H and O–H groups in total. The van der Waals surface area contributed by atoms with Crippen molar-refractivity contribution < 1.29 is 9.32 Å². The van der Waals surface area contributed by atoms with E-state index in [0.717, 1.165) is 0 Å². The standard InChI is InChI=1S/C13H7Cl2N5O2/c14-7-2-1-3-8(10(7)15)18-12(21)13-19-11(20-22-13)9-6-16-4-5-17-9/h1-6H,(H,18,21). The number of rotatable bonds is 3. The molecule has 3 rings (SSSR count). The van der Waals surface area contributed by atoms with E-state index < -0.39 is 5.91 Å². The fraction of sp³-hybridized carbons (Fsp3) is 0. The highest BCUT2D eigenvalue weighted by atomic mass is 35.5. The summed E-state index contributed by atoms with van der Waals surface area (Å²) in [4.78, 5) is 23.9. The molecule has 22 heavy (non-hydrogen) atoms. The molecule has 110 valence electrons. The Kier molecular flexibility index (Phi) is 3.99. The number of hydrogen-bond donors (Lipinski definition) is 1. The van der Waals surface area contributed by atoms with Crippen molar-refractivity contribution in [3.8, 4) is 11.5 Å². The maximum absolute atomic E-state index is 12.1. The van der Waals surface area contributed by atoms with E-state index in [4.69, 9.17) is 27.7 Å². The fourth-order valence-corrected chi connectivity index (χ4v) is 1.96. The van der Waals surface area contributed by atoms with E-state index in [2.05, 4.69) is 25.4 Å². The Morgan fingerprint density at radius 1 is 1.23 bits per heavy atom. The predicted molar refractivity (Wildman–Crippen MR) is 79.7 cm³/mol. The smallest absolute Gasteiger partial charge is 0.316 e. The number of carbonyl (C=O) groups is 1. The van der Waals surface area contributed by atoms with E-state index in [-0.39, 0.29) is 16.7 Å². The Morgan fingerprint density at radius 2 is 2.09 bits per heavy atom. The van der Waals surface area contributed by atoms with Crippen LogP contribution >= 0.6 is 23.2 Å². The second-order valence-corrected chi connectivity index (χ2v) is 4.85. The summed E-state index contributed by atoms with van der Waals surface area (Å²) in [6.07, 6.45) is 4.45. The predicted octanol–water partition coefficient (Wildman–Crippen LogP) is 3.09. The molecule has 0 aliphatic heterocycles. The van der Waals surface area contributed by atoms with Gasteiger partial charge in [-0.05, 0) is 12.1 Å². The van der Waals surface area contributed by atoms with Crippen LogP contribution in [0.1, 0.15) is 10.7 Å². The van der Waals surface area contributed by atoms with Crippen LogP contribution < -0.4 is 5.32 Å². The normalized spacial score (nSPS) is 10.5. The van der Waals surface area contributed by atoms with E-state index in [0.29, 0.717) is 16.4 Å². The first-order chi connectivity index (χ1) is 10.6. The van der Waals surface area contributed by atoms with Crippen molar-refractivity contribution in [2.45, 2.75) is 0 Å². The van der Waals surface area contributed by atoms with Crippen molar-refractivity contribution in [2.24, 2.45) is 0 Å². The molecule has 3 aromatic rings. The topological polar surface area (TPSA) is 93.8 Å². The third-order valence-electron chi connectivity index (χ3n) is 2.61. The van der Waals surface area contributed by atoms with Gasteiger partial charge >= 0.3 is 11.8 Å². The fourth-order valence-electron chi connectivity index (χ4n) is 1.61. The van der Waals surface area contributed by atoms with Gasteiger partial charge in [-0.2, -0.15) is 4.98 Å². The molecule has 2 aromatic heterocycles. The minimum atomic E-state index is -0.605. The highest BCUT2D eigenvalue weighted by molar-refractivity contribution is 6.44. The van der Waals surface area contributed by atoms with Crippen molar-refractivity contribution in [1.82, 2.24) is 20.1 Å². The van der Waals surface area contributed by atoms with Crippen LogP contribution in [0.3, 0.4) is 0 Å². The van der Waals surface area contributed by atoms with E-state index in [1.165, 1.54) is 18.6 Å². The molecule has 0 bridgehead atoms. The van der Waals surface area contributed by atoms with Gasteiger partial charge < -0.3 is 9.84 Å². The Morgan fingerprint density at radius 3 is 2.86 bits per heavy atom. The maximum atomic E-state index is 12.1. The highest BCUT2D eigenvalue weighted by Gasteiger charge is 2.18. The van der Waals surface area contributed by atoms with Gasteiger partial charge in [-0.25, -0.2) is 4.98 Å². The van der Waals surface area contributed by atoms with Crippen molar-refractivity contribution in [2.75, 3.05) is 5.32 Å². The lowest BCUT2D eigenvalue weighted by molar-refractivity contribution is 0.0981. The summed E-state index contributed by atoms with van der Waals surface area (Å²) >= 11 is 11.9. The van der Waals surface area contributed by atoms with Crippen LogP contribution in [0.15, 0.2) is 41.3 Å². The lowest BCUT2D eigenvalue weighted by Crippen LogP contribution is -2.12. The average Bonchev–Trinajstić information content (AvgIpc) is 3.03. The number of nitrogens with one attached hydrogen (secondary N) is 1. The van der Waals surface area contributed by atoms with Gasteiger partial charge in [0, 0.05) is 12.4 Å². The van der Waals surface area contributed by atoms with Crippen LogP contribution in [0.2, 0.25) is 10.0 Å². The average molecular weight is 336 g/mol. The molecule has 0 aliphatic rings. The lowest BCUT2D eigenvalue weighted by atomic mass is 10.3. The maximum Gasteiger partial charge on any atom is 0.316 e. The Bertz CT molecular complexity index is 822. The molecule has 9 heteroatoms. The monoisotopic (exact) mass is 335 g/mol. The van der Waals surface area contributed by atoms with Crippen molar-refractivity contribution in [1.29, 1.82) is 0 Å². The molecule has 0 spiro atoms. The number of carbonyl (C=O) groups excluding carboxylic acids is 1. The molecular formula is C13H7Cl2N5O2. The quantitative estimate of drug-likeness (QED) is 0.790. The molecule has 7 nitrogen and oxygen atoms in total. The van der Waals surface area contributed by atoms with Crippen LogP contribution in [-0.4, -0.2) is 26.0 Å². The number of anilines is 1. The van der Waals surface area contributed by atoms with Gasteiger partial charge in [0.15, 0.2) is 0 Å². The summed E-state index contributed by atoms with van der Waals surface area (Å²) in [7, 11) is 0. The van der Waals surface area contributed by atoms with Crippen molar-refractivity contribution in [3.05, 3.63) is 52.7 Å². The Balaban J connectivity index is 1.82. The lowest BCUT2D eigenvalue weighted by Gasteiger charge is -2.05. The second kappa shape index (κ2) is 6.08. The zero-order valence-electron chi connectivity index (χ0n) is 10.8. The summed E-state index contributed by atoms with van der Waals surface area (Å²) in [5, 5.41) is 6.78.